The van der Waals surface area contributed by atoms with E-state index in [9.17, 15) is 4.79 Å². The van der Waals surface area contributed by atoms with Crippen LogP contribution in [0.1, 0.15) is 30.3 Å². The van der Waals surface area contributed by atoms with Crippen LogP contribution in [0, 0.1) is 12.8 Å². The van der Waals surface area contributed by atoms with Crippen molar-refractivity contribution in [3.63, 3.8) is 0 Å². The highest BCUT2D eigenvalue weighted by Gasteiger charge is 2.10. The van der Waals surface area contributed by atoms with Crippen molar-refractivity contribution < 1.29 is 9.63 Å². The van der Waals surface area contributed by atoms with E-state index in [1.165, 1.54) is 0 Å². The molecule has 1 aromatic rings. The first-order valence-electron chi connectivity index (χ1n) is 4.40. The molecule has 1 aromatic heterocycles. The van der Waals surface area contributed by atoms with Gasteiger partial charge in [0, 0.05) is 0 Å². The topological polar surface area (TPSA) is 79.9 Å². The van der Waals surface area contributed by atoms with Crippen LogP contribution < -0.4 is 5.48 Å². The van der Waals surface area contributed by atoms with Gasteiger partial charge in [-0.2, -0.15) is 0 Å². The zero-order chi connectivity index (χ0) is 10.6. The van der Waals surface area contributed by atoms with Crippen molar-refractivity contribution in [1.29, 1.82) is 0 Å². The van der Waals surface area contributed by atoms with Crippen LogP contribution in [-0.2, 0) is 4.84 Å². The second-order valence-corrected chi connectivity index (χ2v) is 3.38. The Labute approximate surface area is 82.0 Å². The molecule has 1 amide bonds. The highest BCUT2D eigenvalue weighted by Crippen LogP contribution is 1.93. The van der Waals surface area contributed by atoms with Crippen LogP contribution in [-0.4, -0.2) is 27.7 Å². The lowest BCUT2D eigenvalue weighted by Gasteiger charge is -2.05. The highest BCUT2D eigenvalue weighted by molar-refractivity contribution is 5.89. The number of aromatic amines is 1. The summed E-state index contributed by atoms with van der Waals surface area (Å²) in [5, 5.41) is 6.26. The van der Waals surface area contributed by atoms with E-state index in [-0.39, 0.29) is 5.82 Å². The number of nitrogens with one attached hydrogen (secondary N) is 2. The second-order valence-electron chi connectivity index (χ2n) is 3.38. The van der Waals surface area contributed by atoms with E-state index in [0.29, 0.717) is 18.3 Å². The molecular formula is C8H14N4O2. The number of carbonyl (C=O) groups is 1. The molecule has 0 aliphatic rings. The maximum Gasteiger partial charge on any atom is 0.314 e. The number of hydrogen-bond donors (Lipinski definition) is 2. The molecule has 2 N–H and O–H groups in total. The summed E-state index contributed by atoms with van der Waals surface area (Å²) in [5.74, 6) is 0.615. The minimum absolute atomic E-state index is 0.0891. The lowest BCUT2D eigenvalue weighted by atomic mass is 10.2. The average Bonchev–Trinajstić information content (AvgIpc) is 2.51. The molecule has 1 rings (SSSR count). The number of amides is 1. The van der Waals surface area contributed by atoms with E-state index in [2.05, 4.69) is 20.7 Å². The fourth-order valence-electron chi connectivity index (χ4n) is 0.764. The van der Waals surface area contributed by atoms with Gasteiger partial charge in [0.05, 0.1) is 6.61 Å². The Morgan fingerprint density at radius 1 is 1.64 bits per heavy atom. The third kappa shape index (κ3) is 3.14. The number of hydrogen-bond acceptors (Lipinski definition) is 4. The highest BCUT2D eigenvalue weighted by atomic mass is 16.7. The molecule has 0 bridgehead atoms. The molecule has 6 nitrogen and oxygen atoms in total. The first-order valence-corrected chi connectivity index (χ1v) is 4.40. The molecule has 14 heavy (non-hydrogen) atoms. The van der Waals surface area contributed by atoms with Gasteiger partial charge in [0.2, 0.25) is 5.82 Å². The Kier molecular flexibility index (Phi) is 3.58. The summed E-state index contributed by atoms with van der Waals surface area (Å²) >= 11 is 0. The molecule has 0 atom stereocenters. The maximum atomic E-state index is 11.3. The van der Waals surface area contributed by atoms with Crippen molar-refractivity contribution in [2.45, 2.75) is 20.8 Å². The number of hydroxylamine groups is 1. The van der Waals surface area contributed by atoms with Crippen molar-refractivity contribution in [3.05, 3.63) is 11.6 Å². The van der Waals surface area contributed by atoms with Gasteiger partial charge in [0.1, 0.15) is 5.82 Å². The van der Waals surface area contributed by atoms with Gasteiger partial charge in [-0.05, 0) is 12.8 Å². The van der Waals surface area contributed by atoms with Crippen LogP contribution in [0.25, 0.3) is 0 Å². The molecular weight excluding hydrogens is 184 g/mol. The minimum Gasteiger partial charge on any atom is -0.273 e. The molecule has 0 saturated carbocycles. The third-order valence-electron chi connectivity index (χ3n) is 1.38. The summed E-state index contributed by atoms with van der Waals surface area (Å²) in [6, 6.07) is 0. The molecule has 0 fully saturated rings. The van der Waals surface area contributed by atoms with E-state index in [1.54, 1.807) is 6.92 Å². The van der Waals surface area contributed by atoms with Crippen LogP contribution in [0.3, 0.4) is 0 Å². The summed E-state index contributed by atoms with van der Waals surface area (Å²) in [6.07, 6.45) is 0. The lowest BCUT2D eigenvalue weighted by molar-refractivity contribution is 0.0201. The van der Waals surface area contributed by atoms with Crippen molar-refractivity contribution in [3.8, 4) is 0 Å². The van der Waals surface area contributed by atoms with Crippen LogP contribution in [0.4, 0.5) is 0 Å². The van der Waals surface area contributed by atoms with Gasteiger partial charge in [-0.1, -0.05) is 13.8 Å². The van der Waals surface area contributed by atoms with Gasteiger partial charge >= 0.3 is 5.91 Å². The Morgan fingerprint density at radius 2 is 2.36 bits per heavy atom. The number of nitrogens with zero attached hydrogens (tertiary/aromatic N) is 2. The summed E-state index contributed by atoms with van der Waals surface area (Å²) in [5.41, 5.74) is 2.26. The molecule has 0 aliphatic carbocycles. The van der Waals surface area contributed by atoms with Gasteiger partial charge in [-0.25, -0.2) is 10.5 Å². The molecule has 0 saturated heterocycles. The average molecular weight is 198 g/mol. The lowest BCUT2D eigenvalue weighted by Crippen LogP contribution is -2.26. The summed E-state index contributed by atoms with van der Waals surface area (Å²) in [7, 11) is 0. The first-order chi connectivity index (χ1) is 6.59. The first kappa shape index (κ1) is 10.6. The van der Waals surface area contributed by atoms with Crippen LogP contribution in [0.5, 0.6) is 0 Å². The zero-order valence-corrected chi connectivity index (χ0v) is 8.50. The standard InChI is InChI=1S/C8H14N4O2/c1-5(2)4-14-12-8(13)7-9-6(3)10-11-7/h5H,4H2,1-3H3,(H,12,13)(H,9,10,11). The van der Waals surface area contributed by atoms with Crippen molar-refractivity contribution in [1.82, 2.24) is 20.7 Å². The van der Waals surface area contributed by atoms with E-state index < -0.39 is 5.91 Å². The smallest absolute Gasteiger partial charge is 0.273 e. The largest absolute Gasteiger partial charge is 0.314 e. The molecule has 0 aromatic carbocycles. The second kappa shape index (κ2) is 4.71. The molecule has 0 aliphatic heterocycles. The predicted molar refractivity (Wildman–Crippen MR) is 49.4 cm³/mol. The quantitative estimate of drug-likeness (QED) is 0.687. The van der Waals surface area contributed by atoms with Gasteiger partial charge in [0.25, 0.3) is 0 Å². The normalized spacial score (nSPS) is 10.6. The number of carbonyl (C=O) groups excluding carboxylic acids is 1. The van der Waals surface area contributed by atoms with Crippen molar-refractivity contribution in [2.24, 2.45) is 5.92 Å². The molecule has 0 unspecified atom stereocenters. The fraction of sp³-hybridized carbons (Fsp3) is 0.625. The molecule has 1 heterocycles. The molecule has 0 radical (unpaired) electrons. The summed E-state index contributed by atoms with van der Waals surface area (Å²) in [6.45, 7) is 6.17. The van der Waals surface area contributed by atoms with Crippen LogP contribution in [0.2, 0.25) is 0 Å². The third-order valence-corrected chi connectivity index (χ3v) is 1.38. The molecule has 6 heteroatoms. The summed E-state index contributed by atoms with van der Waals surface area (Å²) < 4.78 is 0. The Balaban J connectivity index is 2.36. The Hall–Kier alpha value is -1.43. The van der Waals surface area contributed by atoms with Crippen molar-refractivity contribution in [2.75, 3.05) is 6.61 Å². The summed E-state index contributed by atoms with van der Waals surface area (Å²) in [4.78, 5) is 20.0. The van der Waals surface area contributed by atoms with E-state index >= 15 is 0 Å². The van der Waals surface area contributed by atoms with E-state index in [1.807, 2.05) is 13.8 Å². The van der Waals surface area contributed by atoms with Crippen LogP contribution in [0.15, 0.2) is 0 Å². The Bertz CT molecular complexity index is 308. The fourth-order valence-corrected chi connectivity index (χ4v) is 0.764. The minimum atomic E-state index is -0.435. The van der Waals surface area contributed by atoms with Gasteiger partial charge in [0.15, 0.2) is 0 Å². The van der Waals surface area contributed by atoms with Gasteiger partial charge in [-0.15, -0.1) is 5.10 Å². The predicted octanol–water partition coefficient (Wildman–Crippen LogP) is 0.431. The zero-order valence-electron chi connectivity index (χ0n) is 8.50. The number of H-pyrrole nitrogens is 1. The van der Waals surface area contributed by atoms with Gasteiger partial charge in [-0.3, -0.25) is 14.7 Å². The monoisotopic (exact) mass is 198 g/mol. The maximum absolute atomic E-state index is 11.3. The van der Waals surface area contributed by atoms with Crippen molar-refractivity contribution >= 4 is 5.91 Å². The van der Waals surface area contributed by atoms with Gasteiger partial charge < -0.3 is 0 Å². The number of rotatable bonds is 4. The molecule has 0 spiro atoms. The number of aryl methyl sites for hydroxylation is 1. The molecule has 78 valence electrons. The Morgan fingerprint density at radius 3 is 2.86 bits per heavy atom. The van der Waals surface area contributed by atoms with E-state index in [0.717, 1.165) is 0 Å². The van der Waals surface area contributed by atoms with Crippen LogP contribution >= 0.6 is 0 Å². The SMILES string of the molecule is Cc1nc(C(=O)NOCC(C)C)n[nH]1. The number of aromatic nitrogens is 3. The van der Waals surface area contributed by atoms with E-state index in [4.69, 9.17) is 4.84 Å².